The fraction of sp³-hybridized carbons (Fsp3) is 0.333. The van der Waals surface area contributed by atoms with Crippen LogP contribution >= 0.6 is 0 Å². The number of esters is 1. The molecule has 2 rings (SSSR count). The van der Waals surface area contributed by atoms with Gasteiger partial charge in [-0.3, -0.25) is 14.9 Å². The highest BCUT2D eigenvalue weighted by molar-refractivity contribution is 5.98. The Balaban J connectivity index is 2.13. The van der Waals surface area contributed by atoms with E-state index in [0.717, 1.165) is 12.0 Å². The van der Waals surface area contributed by atoms with E-state index in [1.807, 2.05) is 18.2 Å². The molecule has 7 nitrogen and oxygen atoms in total. The van der Waals surface area contributed by atoms with Crippen LogP contribution in [0.4, 0.5) is 11.4 Å². The van der Waals surface area contributed by atoms with Gasteiger partial charge >= 0.3 is 5.97 Å². The minimum absolute atomic E-state index is 0.0638. The van der Waals surface area contributed by atoms with Crippen molar-refractivity contribution >= 4 is 23.3 Å². The molecule has 0 aliphatic rings. The molecule has 2 aromatic carbocycles. The monoisotopic (exact) mass is 384 g/mol. The summed E-state index contributed by atoms with van der Waals surface area (Å²) in [5.74, 6) is -0.979. The van der Waals surface area contributed by atoms with Gasteiger partial charge in [-0.1, -0.05) is 38.1 Å². The number of nitrogens with zero attached hydrogens (tertiary/aromatic N) is 1. The smallest absolute Gasteiger partial charge is 0.339 e. The first-order valence-corrected chi connectivity index (χ1v) is 9.11. The van der Waals surface area contributed by atoms with Crippen molar-refractivity contribution in [2.24, 2.45) is 0 Å². The Morgan fingerprint density at radius 2 is 1.82 bits per heavy atom. The average molecular weight is 384 g/mol. The van der Waals surface area contributed by atoms with Gasteiger partial charge in [-0.2, -0.15) is 0 Å². The number of hydrogen-bond acceptors (Lipinski definition) is 5. The van der Waals surface area contributed by atoms with Gasteiger partial charge in [-0.25, -0.2) is 4.79 Å². The van der Waals surface area contributed by atoms with Gasteiger partial charge in [0.25, 0.3) is 11.6 Å². The molecule has 0 saturated carbocycles. The first-order valence-electron chi connectivity index (χ1n) is 9.11. The normalized spacial score (nSPS) is 12.7. The quantitative estimate of drug-likeness (QED) is 0.427. The Morgan fingerprint density at radius 1 is 1.14 bits per heavy atom. The molecule has 0 spiro atoms. The Kier molecular flexibility index (Phi) is 6.87. The van der Waals surface area contributed by atoms with Crippen LogP contribution in [0.25, 0.3) is 0 Å². The largest absolute Gasteiger partial charge is 0.449 e. The molecule has 0 fully saturated rings. The van der Waals surface area contributed by atoms with Crippen LogP contribution in [0.1, 0.15) is 54.6 Å². The van der Waals surface area contributed by atoms with Gasteiger partial charge in [0.1, 0.15) is 0 Å². The summed E-state index contributed by atoms with van der Waals surface area (Å²) in [6.07, 6.45) is -0.139. The number of nitrogens with one attached hydrogen (secondary N) is 1. The van der Waals surface area contributed by atoms with Gasteiger partial charge < -0.3 is 10.1 Å². The molecule has 2 atom stereocenters. The third-order valence-electron chi connectivity index (χ3n) is 4.74. The van der Waals surface area contributed by atoms with Crippen LogP contribution in [0.5, 0.6) is 0 Å². The molecule has 0 saturated heterocycles. The first kappa shape index (κ1) is 21.1. The van der Waals surface area contributed by atoms with E-state index in [-0.39, 0.29) is 22.7 Å². The van der Waals surface area contributed by atoms with Crippen LogP contribution in [0.3, 0.4) is 0 Å². The highest BCUT2D eigenvalue weighted by Gasteiger charge is 2.24. The molecule has 28 heavy (non-hydrogen) atoms. The standard InChI is InChI=1S/C21H24N2O5/c1-5-13(2)16-9-6-7-11-18(16)22-20(24)15(4)28-21(25)17-10-8-12-19(14(17)3)23(26)27/h6-13,15H,5H2,1-4H3,(H,22,24). The summed E-state index contributed by atoms with van der Waals surface area (Å²) in [4.78, 5) is 35.4. The number of carbonyl (C=O) groups is 2. The fourth-order valence-electron chi connectivity index (χ4n) is 2.81. The summed E-state index contributed by atoms with van der Waals surface area (Å²) in [6, 6.07) is 11.7. The molecule has 2 unspecified atom stereocenters. The number of ether oxygens (including phenoxy) is 1. The molecule has 0 bridgehead atoms. The van der Waals surface area contributed by atoms with Gasteiger partial charge in [-0.15, -0.1) is 0 Å². The van der Waals surface area contributed by atoms with Crippen LogP contribution < -0.4 is 5.32 Å². The van der Waals surface area contributed by atoms with Gasteiger partial charge in [0, 0.05) is 17.3 Å². The third-order valence-corrected chi connectivity index (χ3v) is 4.74. The van der Waals surface area contributed by atoms with Crippen molar-refractivity contribution in [1.82, 2.24) is 0 Å². The second kappa shape index (κ2) is 9.12. The van der Waals surface area contributed by atoms with E-state index in [2.05, 4.69) is 19.2 Å². The molecule has 2 aromatic rings. The fourth-order valence-corrected chi connectivity index (χ4v) is 2.81. The zero-order chi connectivity index (χ0) is 20.8. The highest BCUT2D eigenvalue weighted by Crippen LogP contribution is 2.27. The maximum Gasteiger partial charge on any atom is 0.339 e. The van der Waals surface area contributed by atoms with Crippen molar-refractivity contribution in [1.29, 1.82) is 0 Å². The van der Waals surface area contributed by atoms with Crippen LogP contribution in [-0.4, -0.2) is 22.9 Å². The Morgan fingerprint density at radius 3 is 2.46 bits per heavy atom. The number of nitro benzene ring substituents is 1. The summed E-state index contributed by atoms with van der Waals surface area (Å²) in [6.45, 7) is 7.07. The van der Waals surface area contributed by atoms with Crippen molar-refractivity contribution in [3.8, 4) is 0 Å². The molecule has 1 amide bonds. The van der Waals surface area contributed by atoms with Crippen molar-refractivity contribution in [2.75, 3.05) is 5.32 Å². The van der Waals surface area contributed by atoms with Gasteiger partial charge in [-0.05, 0) is 43.9 Å². The van der Waals surface area contributed by atoms with Crippen LogP contribution in [0.2, 0.25) is 0 Å². The maximum absolute atomic E-state index is 12.5. The maximum atomic E-state index is 12.5. The average Bonchev–Trinajstić information content (AvgIpc) is 2.67. The Hall–Kier alpha value is -3.22. The van der Waals surface area contributed by atoms with E-state index in [9.17, 15) is 19.7 Å². The lowest BCUT2D eigenvalue weighted by Crippen LogP contribution is -2.30. The molecular formula is C21H24N2O5. The highest BCUT2D eigenvalue weighted by atomic mass is 16.6. The summed E-state index contributed by atoms with van der Waals surface area (Å²) in [7, 11) is 0. The second-order valence-electron chi connectivity index (χ2n) is 6.64. The summed E-state index contributed by atoms with van der Waals surface area (Å²) in [5, 5.41) is 13.8. The van der Waals surface area contributed by atoms with Gasteiger partial charge in [0.05, 0.1) is 10.5 Å². The molecular weight excluding hydrogens is 360 g/mol. The SMILES string of the molecule is CCC(C)c1ccccc1NC(=O)C(C)OC(=O)c1cccc([N+](=O)[O-])c1C. The number of hydrogen-bond donors (Lipinski definition) is 1. The zero-order valence-corrected chi connectivity index (χ0v) is 16.4. The molecule has 0 aliphatic heterocycles. The summed E-state index contributed by atoms with van der Waals surface area (Å²) < 4.78 is 5.24. The van der Waals surface area contributed by atoms with Crippen molar-refractivity contribution in [3.05, 3.63) is 69.3 Å². The van der Waals surface area contributed by atoms with Crippen LogP contribution in [0.15, 0.2) is 42.5 Å². The molecule has 0 heterocycles. The lowest BCUT2D eigenvalue weighted by atomic mass is 9.97. The molecule has 0 radical (unpaired) electrons. The molecule has 148 valence electrons. The van der Waals surface area contributed by atoms with E-state index < -0.39 is 22.9 Å². The predicted molar refractivity (Wildman–Crippen MR) is 106 cm³/mol. The molecule has 1 N–H and O–H groups in total. The Labute approximate surface area is 163 Å². The number of amides is 1. The topological polar surface area (TPSA) is 98.5 Å². The predicted octanol–water partition coefficient (Wildman–Crippen LogP) is 4.60. The number of benzene rings is 2. The number of carbonyl (C=O) groups excluding carboxylic acids is 2. The number of nitro groups is 1. The lowest BCUT2D eigenvalue weighted by molar-refractivity contribution is -0.385. The minimum Gasteiger partial charge on any atom is -0.449 e. The molecule has 0 aliphatic carbocycles. The lowest BCUT2D eigenvalue weighted by Gasteiger charge is -2.18. The second-order valence-corrected chi connectivity index (χ2v) is 6.64. The minimum atomic E-state index is -1.06. The molecule has 7 heteroatoms. The van der Waals surface area contributed by atoms with Crippen molar-refractivity contribution in [3.63, 3.8) is 0 Å². The van der Waals surface area contributed by atoms with Gasteiger partial charge in [0.2, 0.25) is 0 Å². The third kappa shape index (κ3) is 4.73. The Bertz CT molecular complexity index is 894. The molecule has 0 aromatic heterocycles. The van der Waals surface area contributed by atoms with E-state index in [4.69, 9.17) is 4.74 Å². The van der Waals surface area contributed by atoms with Gasteiger partial charge in [0.15, 0.2) is 6.10 Å². The van der Waals surface area contributed by atoms with Crippen molar-refractivity contribution in [2.45, 2.75) is 46.1 Å². The van der Waals surface area contributed by atoms with Crippen molar-refractivity contribution < 1.29 is 19.2 Å². The zero-order valence-electron chi connectivity index (χ0n) is 16.4. The number of anilines is 1. The van der Waals surface area contributed by atoms with E-state index in [1.54, 1.807) is 6.07 Å². The number of para-hydroxylation sites is 1. The number of rotatable bonds is 7. The van der Waals surface area contributed by atoms with E-state index >= 15 is 0 Å². The van der Waals surface area contributed by atoms with E-state index in [0.29, 0.717) is 5.69 Å². The first-order chi connectivity index (χ1) is 13.3. The summed E-state index contributed by atoms with van der Waals surface area (Å²) >= 11 is 0. The van der Waals surface area contributed by atoms with Crippen LogP contribution in [0, 0.1) is 17.0 Å². The van der Waals surface area contributed by atoms with E-state index in [1.165, 1.54) is 32.0 Å². The van der Waals surface area contributed by atoms with Crippen LogP contribution in [-0.2, 0) is 9.53 Å². The summed E-state index contributed by atoms with van der Waals surface area (Å²) in [5.41, 5.74) is 1.78.